The second kappa shape index (κ2) is 9.19. The summed E-state index contributed by atoms with van der Waals surface area (Å²) in [6.07, 6.45) is 0.440. The van der Waals surface area contributed by atoms with Gasteiger partial charge in [0.15, 0.2) is 0 Å². The molecule has 0 aromatic heterocycles. The van der Waals surface area contributed by atoms with E-state index < -0.39 is 29.2 Å². The van der Waals surface area contributed by atoms with Gasteiger partial charge in [-0.15, -0.1) is 12.6 Å². The van der Waals surface area contributed by atoms with Crippen LogP contribution in [0.5, 0.6) is 0 Å². The number of hydrogen-bond donors (Lipinski definition) is 5. The molecule has 0 aromatic carbocycles. The summed E-state index contributed by atoms with van der Waals surface area (Å²) in [7, 11) is 0. The minimum Gasteiger partial charge on any atom is -0.392 e. The molecule has 5 heteroatoms. The Hall–Kier alpha value is 0.190. The first kappa shape index (κ1) is 19.2. The Morgan fingerprint density at radius 2 is 1.00 bits per heavy atom. The fourth-order valence-corrected chi connectivity index (χ4v) is 3.27. The van der Waals surface area contributed by atoms with E-state index >= 15 is 0 Å². The second-order valence-corrected chi connectivity index (χ2v) is 5.78. The molecule has 0 amide bonds. The lowest BCUT2D eigenvalue weighted by atomic mass is 9.68. The Balaban J connectivity index is 5.45. The highest BCUT2D eigenvalue weighted by molar-refractivity contribution is 7.80. The first-order chi connectivity index (χ1) is 8.89. The van der Waals surface area contributed by atoms with Crippen molar-refractivity contribution in [3.05, 3.63) is 0 Å². The predicted molar refractivity (Wildman–Crippen MR) is 80.2 cm³/mol. The van der Waals surface area contributed by atoms with Crippen molar-refractivity contribution in [2.24, 2.45) is 5.41 Å². The average molecular weight is 294 g/mol. The topological polar surface area (TPSA) is 80.9 Å². The highest BCUT2D eigenvalue weighted by Gasteiger charge is 2.53. The van der Waals surface area contributed by atoms with Crippen LogP contribution in [-0.4, -0.2) is 44.2 Å². The maximum Gasteiger partial charge on any atom is 0.110 e. The molecule has 4 unspecified atom stereocenters. The molecular formula is C14H30O4S. The molecule has 19 heavy (non-hydrogen) atoms. The van der Waals surface area contributed by atoms with Crippen LogP contribution in [0.1, 0.15) is 59.3 Å². The van der Waals surface area contributed by atoms with Gasteiger partial charge in [-0.05, 0) is 19.3 Å². The Labute approximate surface area is 122 Å². The van der Waals surface area contributed by atoms with E-state index in [1.54, 1.807) is 0 Å². The third-order valence-electron chi connectivity index (χ3n) is 3.87. The van der Waals surface area contributed by atoms with Crippen molar-refractivity contribution >= 4 is 12.6 Å². The van der Waals surface area contributed by atoms with Gasteiger partial charge in [0.25, 0.3) is 0 Å². The number of rotatable bonds is 10. The van der Waals surface area contributed by atoms with E-state index in [1.165, 1.54) is 0 Å². The number of aliphatic hydroxyl groups excluding tert-OH is 4. The van der Waals surface area contributed by atoms with E-state index in [0.717, 1.165) is 0 Å². The molecule has 0 radical (unpaired) electrons. The summed E-state index contributed by atoms with van der Waals surface area (Å²) in [5.41, 5.74) is -2.65. The molecule has 0 rings (SSSR count). The zero-order valence-corrected chi connectivity index (χ0v) is 13.2. The largest absolute Gasteiger partial charge is 0.392 e. The van der Waals surface area contributed by atoms with Crippen molar-refractivity contribution in [2.45, 2.75) is 83.0 Å². The molecule has 0 heterocycles. The minimum absolute atomic E-state index is 0.416. The summed E-state index contributed by atoms with van der Waals surface area (Å²) in [4.78, 5) is 0. The van der Waals surface area contributed by atoms with Gasteiger partial charge >= 0.3 is 0 Å². The molecular weight excluding hydrogens is 264 g/mol. The van der Waals surface area contributed by atoms with Crippen molar-refractivity contribution < 1.29 is 20.4 Å². The Kier molecular flexibility index (Phi) is 9.28. The first-order valence-electron chi connectivity index (χ1n) is 7.29. The van der Waals surface area contributed by atoms with Crippen molar-refractivity contribution in [3.63, 3.8) is 0 Å². The zero-order chi connectivity index (χ0) is 15.1. The molecule has 4 N–H and O–H groups in total. The lowest BCUT2D eigenvalue weighted by molar-refractivity contribution is -0.176. The lowest BCUT2D eigenvalue weighted by Crippen LogP contribution is -2.59. The van der Waals surface area contributed by atoms with Crippen LogP contribution in [0.4, 0.5) is 0 Å². The quantitative estimate of drug-likeness (QED) is 0.314. The maximum absolute atomic E-state index is 10.4. The van der Waals surface area contributed by atoms with E-state index in [4.69, 9.17) is 0 Å². The van der Waals surface area contributed by atoms with Gasteiger partial charge in [-0.2, -0.15) is 0 Å². The molecule has 0 bridgehead atoms. The highest BCUT2D eigenvalue weighted by atomic mass is 32.1. The van der Waals surface area contributed by atoms with Crippen LogP contribution in [0.25, 0.3) is 0 Å². The maximum atomic E-state index is 10.4. The summed E-state index contributed by atoms with van der Waals surface area (Å²) in [6.45, 7) is 5.74. The van der Waals surface area contributed by atoms with Crippen molar-refractivity contribution in [2.75, 3.05) is 0 Å². The van der Waals surface area contributed by atoms with Crippen molar-refractivity contribution in [3.8, 4) is 0 Å². The van der Waals surface area contributed by atoms with Gasteiger partial charge in [-0.3, -0.25) is 0 Å². The first-order valence-corrected chi connectivity index (χ1v) is 7.81. The van der Waals surface area contributed by atoms with Crippen molar-refractivity contribution in [1.29, 1.82) is 0 Å². The third-order valence-corrected chi connectivity index (χ3v) is 4.31. The normalized spacial score (nSPS) is 21.5. The van der Waals surface area contributed by atoms with Crippen LogP contribution in [-0.2, 0) is 0 Å². The van der Waals surface area contributed by atoms with Crippen molar-refractivity contribution in [1.82, 2.24) is 0 Å². The summed E-state index contributed by atoms with van der Waals surface area (Å²) in [5, 5.41) is 41.2. The van der Waals surface area contributed by atoms with Gasteiger partial charge in [-0.1, -0.05) is 40.0 Å². The molecule has 0 aliphatic heterocycles. The number of hydrogen-bond acceptors (Lipinski definition) is 5. The standard InChI is InChI=1S/C14H30O4S/c1-4-7-10(15)14(13(18)19,11(16)8-5-2)12(17)9-6-3/h10-13,15-19H,4-9H2,1-3H3. The summed E-state index contributed by atoms with van der Waals surface area (Å²) < 4.78 is 0. The summed E-state index contributed by atoms with van der Waals surface area (Å²) in [5.74, 6) is 0. The molecule has 0 saturated carbocycles. The minimum atomic E-state index is -1.38. The Bertz CT molecular complexity index is 204. The van der Waals surface area contributed by atoms with Gasteiger partial charge in [0.2, 0.25) is 0 Å². The van der Waals surface area contributed by atoms with Gasteiger partial charge < -0.3 is 20.4 Å². The fourth-order valence-electron chi connectivity index (χ4n) is 2.75. The fraction of sp³-hybridized carbons (Fsp3) is 1.00. The highest BCUT2D eigenvalue weighted by Crippen LogP contribution is 2.42. The van der Waals surface area contributed by atoms with E-state index in [9.17, 15) is 20.4 Å². The van der Waals surface area contributed by atoms with Gasteiger partial charge in [-0.25, -0.2) is 0 Å². The van der Waals surface area contributed by atoms with E-state index in [-0.39, 0.29) is 0 Å². The van der Waals surface area contributed by atoms with Gasteiger partial charge in [0, 0.05) is 0 Å². The molecule has 0 aromatic rings. The lowest BCUT2D eigenvalue weighted by Gasteiger charge is -2.47. The molecule has 0 aliphatic rings. The smallest absolute Gasteiger partial charge is 0.110 e. The third kappa shape index (κ3) is 4.33. The molecule has 0 spiro atoms. The van der Waals surface area contributed by atoms with Gasteiger partial charge in [0.1, 0.15) is 5.44 Å². The van der Waals surface area contributed by atoms with Crippen LogP contribution in [0.15, 0.2) is 0 Å². The Morgan fingerprint density at radius 1 is 0.737 bits per heavy atom. The molecule has 0 saturated heterocycles. The number of thiol groups is 1. The second-order valence-electron chi connectivity index (χ2n) is 5.29. The number of aliphatic hydroxyl groups is 4. The molecule has 4 atom stereocenters. The van der Waals surface area contributed by atoms with Crippen LogP contribution >= 0.6 is 12.6 Å². The summed E-state index contributed by atoms with van der Waals surface area (Å²) in [6, 6.07) is 0. The molecule has 0 fully saturated rings. The predicted octanol–water partition coefficient (Wildman–Crippen LogP) is 1.70. The average Bonchev–Trinajstić information content (AvgIpc) is 2.30. The van der Waals surface area contributed by atoms with Crippen LogP contribution in [0.3, 0.4) is 0 Å². The SMILES string of the molecule is CCCC(O)C(C(O)S)(C(O)CCC)C(O)CCC. The van der Waals surface area contributed by atoms with E-state index in [1.807, 2.05) is 20.8 Å². The van der Waals surface area contributed by atoms with Crippen LogP contribution in [0, 0.1) is 5.41 Å². The van der Waals surface area contributed by atoms with Crippen LogP contribution < -0.4 is 0 Å². The zero-order valence-electron chi connectivity index (χ0n) is 12.3. The van der Waals surface area contributed by atoms with E-state index in [0.29, 0.717) is 38.5 Å². The Morgan fingerprint density at radius 3 is 1.16 bits per heavy atom. The van der Waals surface area contributed by atoms with Crippen LogP contribution in [0.2, 0.25) is 0 Å². The summed E-state index contributed by atoms with van der Waals surface area (Å²) >= 11 is 4.05. The molecule has 116 valence electrons. The molecule has 4 nitrogen and oxygen atoms in total. The molecule has 0 aliphatic carbocycles. The van der Waals surface area contributed by atoms with E-state index in [2.05, 4.69) is 12.6 Å². The monoisotopic (exact) mass is 294 g/mol. The van der Waals surface area contributed by atoms with Gasteiger partial charge in [0.05, 0.1) is 23.7 Å².